The Kier molecular flexibility index (Phi) is 1.98. The Labute approximate surface area is 67.8 Å². The molecule has 56 valence electrons. The number of hydrogen-bond donors (Lipinski definition) is 1. The van der Waals surface area contributed by atoms with Crippen LogP contribution in [0.4, 0.5) is 0 Å². The van der Waals surface area contributed by atoms with Gasteiger partial charge in [0.2, 0.25) is 0 Å². The van der Waals surface area contributed by atoms with Crippen molar-refractivity contribution in [3.05, 3.63) is 12.5 Å². The van der Waals surface area contributed by atoms with Gasteiger partial charge in [-0.15, -0.1) is 12.6 Å². The molecular weight excluding hydrogens is 196 g/mol. The zero-order chi connectivity index (χ0) is 7.78. The third-order valence-electron chi connectivity index (χ3n) is 0.870. The fraction of sp³-hybridized carbons (Fsp3) is 0. The molecule has 0 saturated heterocycles. The summed E-state index contributed by atoms with van der Waals surface area (Å²) in [5.74, 6) is 0. The summed E-state index contributed by atoms with van der Waals surface area (Å²) in [6.45, 7) is 0. The van der Waals surface area contributed by atoms with Gasteiger partial charge in [-0.2, -0.15) is 0 Å². The monoisotopic (exact) mass is 198 g/mol. The molecule has 1 aromatic rings. The number of furan rings is 1. The van der Waals surface area contributed by atoms with E-state index >= 15 is 0 Å². The number of halogens is 1. The lowest BCUT2D eigenvalue weighted by atomic mass is 10.7. The minimum Gasteiger partial charge on any atom is -0.470 e. The summed E-state index contributed by atoms with van der Waals surface area (Å²) in [6.07, 6.45) is 2.23. The molecule has 0 aromatic carbocycles. The molecule has 0 aliphatic heterocycles. The summed E-state index contributed by atoms with van der Waals surface area (Å²) in [5, 5.41) is 0. The van der Waals surface area contributed by atoms with Crippen molar-refractivity contribution in [1.82, 2.24) is 0 Å². The Bertz CT molecular complexity index is 326. The number of rotatable bonds is 1. The minimum absolute atomic E-state index is 0.0995. The first-order chi connectivity index (χ1) is 4.52. The van der Waals surface area contributed by atoms with E-state index in [9.17, 15) is 8.42 Å². The second kappa shape index (κ2) is 2.48. The summed E-state index contributed by atoms with van der Waals surface area (Å²) in [5.41, 5.74) is 0. The summed E-state index contributed by atoms with van der Waals surface area (Å²) < 4.78 is 25.7. The molecule has 1 rings (SSSR count). The summed E-state index contributed by atoms with van der Waals surface area (Å²) in [7, 11) is 1.28. The largest absolute Gasteiger partial charge is 0.470 e. The van der Waals surface area contributed by atoms with Crippen LogP contribution in [0.2, 0.25) is 0 Å². The molecule has 0 spiro atoms. The normalized spacial score (nSPS) is 11.8. The van der Waals surface area contributed by atoms with Crippen LogP contribution in [-0.2, 0) is 9.05 Å². The maximum absolute atomic E-state index is 10.6. The number of thiol groups is 1. The Morgan fingerprint density at radius 1 is 1.50 bits per heavy atom. The standard InChI is InChI=1S/C4H3ClO3S2/c5-10(6,7)4-2-8-1-3(4)9/h1-2,9H. The van der Waals surface area contributed by atoms with Crippen molar-refractivity contribution >= 4 is 32.4 Å². The fourth-order valence-electron chi connectivity index (χ4n) is 0.461. The van der Waals surface area contributed by atoms with E-state index in [0.29, 0.717) is 0 Å². The van der Waals surface area contributed by atoms with E-state index in [4.69, 9.17) is 10.7 Å². The van der Waals surface area contributed by atoms with Crippen LogP contribution in [0.3, 0.4) is 0 Å². The van der Waals surface area contributed by atoms with Crippen LogP contribution >= 0.6 is 23.3 Å². The molecule has 0 fully saturated rings. The Morgan fingerprint density at radius 2 is 2.10 bits per heavy atom. The SMILES string of the molecule is O=S(=O)(Cl)c1cocc1S. The Balaban J connectivity index is 3.32. The van der Waals surface area contributed by atoms with Crippen LogP contribution < -0.4 is 0 Å². The van der Waals surface area contributed by atoms with E-state index in [1.54, 1.807) is 0 Å². The maximum Gasteiger partial charge on any atom is 0.265 e. The van der Waals surface area contributed by atoms with E-state index in [1.807, 2.05) is 0 Å². The molecule has 0 unspecified atom stereocenters. The molecule has 0 N–H and O–H groups in total. The van der Waals surface area contributed by atoms with Crippen molar-refractivity contribution in [1.29, 1.82) is 0 Å². The molecule has 0 atom stereocenters. The van der Waals surface area contributed by atoms with Gasteiger partial charge in [-0.3, -0.25) is 0 Å². The van der Waals surface area contributed by atoms with Gasteiger partial charge in [0.25, 0.3) is 9.05 Å². The molecule has 3 nitrogen and oxygen atoms in total. The molecule has 6 heteroatoms. The zero-order valence-electron chi connectivity index (χ0n) is 4.61. The smallest absolute Gasteiger partial charge is 0.265 e. The van der Waals surface area contributed by atoms with Crippen LogP contribution in [0.5, 0.6) is 0 Å². The van der Waals surface area contributed by atoms with E-state index in [1.165, 1.54) is 6.26 Å². The molecular formula is C4H3ClO3S2. The van der Waals surface area contributed by atoms with Crippen LogP contribution in [0.15, 0.2) is 26.7 Å². The Hall–Kier alpha value is -0.130. The van der Waals surface area contributed by atoms with Crippen molar-refractivity contribution in [2.45, 2.75) is 9.79 Å². The van der Waals surface area contributed by atoms with E-state index < -0.39 is 9.05 Å². The van der Waals surface area contributed by atoms with Crippen LogP contribution in [0.1, 0.15) is 0 Å². The second-order valence-electron chi connectivity index (χ2n) is 1.56. The molecule has 0 amide bonds. The molecule has 0 aliphatic carbocycles. The first-order valence-electron chi connectivity index (χ1n) is 2.21. The summed E-state index contributed by atoms with van der Waals surface area (Å²) in [4.78, 5) is 0.118. The van der Waals surface area contributed by atoms with E-state index in [0.717, 1.165) is 6.26 Å². The van der Waals surface area contributed by atoms with Crippen molar-refractivity contribution in [2.75, 3.05) is 0 Å². The molecule has 10 heavy (non-hydrogen) atoms. The molecule has 0 bridgehead atoms. The van der Waals surface area contributed by atoms with Crippen LogP contribution in [0, 0.1) is 0 Å². The van der Waals surface area contributed by atoms with Crippen molar-refractivity contribution in [2.24, 2.45) is 0 Å². The van der Waals surface area contributed by atoms with E-state index in [2.05, 4.69) is 17.0 Å². The third-order valence-corrected chi connectivity index (χ3v) is 2.71. The third kappa shape index (κ3) is 1.47. The van der Waals surface area contributed by atoms with Gasteiger partial charge in [0, 0.05) is 10.7 Å². The van der Waals surface area contributed by atoms with Gasteiger partial charge in [0.1, 0.15) is 17.4 Å². The van der Waals surface area contributed by atoms with Gasteiger partial charge < -0.3 is 4.42 Å². The lowest BCUT2D eigenvalue weighted by Crippen LogP contribution is -1.87. The number of hydrogen-bond acceptors (Lipinski definition) is 4. The fourth-order valence-corrected chi connectivity index (χ4v) is 1.92. The highest BCUT2D eigenvalue weighted by Gasteiger charge is 2.15. The summed E-state index contributed by atoms with van der Waals surface area (Å²) in [6, 6.07) is 0. The second-order valence-corrected chi connectivity index (χ2v) is 4.58. The predicted octanol–water partition coefficient (Wildman–Crippen LogP) is 1.50. The van der Waals surface area contributed by atoms with Gasteiger partial charge in [-0.1, -0.05) is 0 Å². The highest BCUT2D eigenvalue weighted by atomic mass is 35.7. The van der Waals surface area contributed by atoms with Crippen molar-refractivity contribution in [3.63, 3.8) is 0 Å². The van der Waals surface area contributed by atoms with Gasteiger partial charge in [0.15, 0.2) is 0 Å². The van der Waals surface area contributed by atoms with E-state index in [-0.39, 0.29) is 9.79 Å². The topological polar surface area (TPSA) is 47.3 Å². The molecule has 0 aliphatic rings. The Morgan fingerprint density at radius 3 is 2.30 bits per heavy atom. The lowest BCUT2D eigenvalue weighted by molar-refractivity contribution is 0.555. The predicted molar refractivity (Wildman–Crippen MR) is 39.0 cm³/mol. The van der Waals surface area contributed by atoms with Crippen LogP contribution in [-0.4, -0.2) is 8.42 Å². The van der Waals surface area contributed by atoms with Gasteiger partial charge in [-0.05, 0) is 0 Å². The van der Waals surface area contributed by atoms with Crippen molar-refractivity contribution < 1.29 is 12.8 Å². The highest BCUT2D eigenvalue weighted by molar-refractivity contribution is 8.14. The highest BCUT2D eigenvalue weighted by Crippen LogP contribution is 2.23. The molecule has 1 heterocycles. The van der Waals surface area contributed by atoms with Crippen LogP contribution in [0.25, 0.3) is 0 Å². The van der Waals surface area contributed by atoms with Gasteiger partial charge in [0.05, 0.1) is 4.90 Å². The average molecular weight is 199 g/mol. The lowest BCUT2D eigenvalue weighted by Gasteiger charge is -1.87. The maximum atomic E-state index is 10.6. The first kappa shape index (κ1) is 7.97. The average Bonchev–Trinajstić information content (AvgIpc) is 2.11. The quantitative estimate of drug-likeness (QED) is 0.550. The molecule has 0 radical (unpaired) electrons. The van der Waals surface area contributed by atoms with Crippen molar-refractivity contribution in [3.8, 4) is 0 Å². The molecule has 1 aromatic heterocycles. The van der Waals surface area contributed by atoms with Gasteiger partial charge in [-0.25, -0.2) is 8.42 Å². The summed E-state index contributed by atoms with van der Waals surface area (Å²) >= 11 is 3.79. The first-order valence-corrected chi connectivity index (χ1v) is 4.97. The zero-order valence-corrected chi connectivity index (χ0v) is 7.08. The van der Waals surface area contributed by atoms with Gasteiger partial charge >= 0.3 is 0 Å². The molecule has 0 saturated carbocycles. The minimum atomic E-state index is -3.69.